The molecule has 1 aromatic rings. The van der Waals surface area contributed by atoms with Gasteiger partial charge in [-0.15, -0.1) is 0 Å². The lowest BCUT2D eigenvalue weighted by atomic mass is 9.94. The van der Waals surface area contributed by atoms with Gasteiger partial charge in [0.1, 0.15) is 5.54 Å². The summed E-state index contributed by atoms with van der Waals surface area (Å²) in [5.74, 6) is -0.260. The number of carbonyl (C=O) groups is 2. The van der Waals surface area contributed by atoms with E-state index in [1.54, 1.807) is 25.3 Å². The number of amides is 2. The van der Waals surface area contributed by atoms with Crippen molar-refractivity contribution in [1.29, 1.82) is 0 Å². The van der Waals surface area contributed by atoms with E-state index in [0.29, 0.717) is 12.8 Å². The molecular weight excluding hydrogens is 264 g/mol. The van der Waals surface area contributed by atoms with Gasteiger partial charge in [0.25, 0.3) is 0 Å². The Hall–Kier alpha value is -2.36. The van der Waals surface area contributed by atoms with Crippen molar-refractivity contribution < 1.29 is 9.59 Å². The molecule has 1 aliphatic rings. The second-order valence-electron chi connectivity index (χ2n) is 5.19. The minimum atomic E-state index is -0.907. The van der Waals surface area contributed by atoms with Crippen molar-refractivity contribution in [3.8, 4) is 0 Å². The summed E-state index contributed by atoms with van der Waals surface area (Å²) in [4.78, 5) is 26.4. The molecule has 21 heavy (non-hydrogen) atoms. The lowest BCUT2D eigenvalue weighted by Crippen LogP contribution is -2.54. The zero-order valence-electron chi connectivity index (χ0n) is 12.4. The Balaban J connectivity index is 2.23. The average Bonchev–Trinajstić information content (AvgIpc) is 2.72. The largest absolute Gasteiger partial charge is 0.324 e. The first-order valence-corrected chi connectivity index (χ1v) is 7.10. The lowest BCUT2D eigenvalue weighted by Gasteiger charge is -2.36. The molecule has 0 saturated heterocycles. The van der Waals surface area contributed by atoms with Gasteiger partial charge in [-0.25, -0.2) is 0 Å². The molecule has 1 heterocycles. The van der Waals surface area contributed by atoms with Crippen LogP contribution in [-0.2, 0) is 9.59 Å². The van der Waals surface area contributed by atoms with Crippen LogP contribution in [0.2, 0.25) is 0 Å². The second-order valence-corrected chi connectivity index (χ2v) is 5.19. The molecule has 4 heteroatoms. The van der Waals surface area contributed by atoms with Crippen LogP contribution >= 0.6 is 0 Å². The van der Waals surface area contributed by atoms with Crippen LogP contribution in [0.25, 0.3) is 0 Å². The fourth-order valence-corrected chi connectivity index (χ4v) is 2.23. The number of benzene rings is 1. The van der Waals surface area contributed by atoms with Gasteiger partial charge in [0, 0.05) is 18.3 Å². The Morgan fingerprint density at radius 1 is 1.29 bits per heavy atom. The van der Waals surface area contributed by atoms with Crippen molar-refractivity contribution in [2.45, 2.75) is 32.2 Å². The third kappa shape index (κ3) is 3.21. The van der Waals surface area contributed by atoms with Crippen molar-refractivity contribution in [2.24, 2.45) is 0 Å². The van der Waals surface area contributed by atoms with Gasteiger partial charge in [-0.3, -0.25) is 9.59 Å². The van der Waals surface area contributed by atoms with E-state index in [9.17, 15) is 9.59 Å². The molecule has 0 aromatic heterocycles. The van der Waals surface area contributed by atoms with Gasteiger partial charge in [-0.2, -0.15) is 0 Å². The molecule has 2 rings (SSSR count). The van der Waals surface area contributed by atoms with Gasteiger partial charge in [-0.1, -0.05) is 37.3 Å². The molecule has 110 valence electrons. The van der Waals surface area contributed by atoms with Crippen LogP contribution in [0.4, 0.5) is 5.69 Å². The molecule has 1 unspecified atom stereocenters. The second kappa shape index (κ2) is 6.39. The summed E-state index contributed by atoms with van der Waals surface area (Å²) in [6, 6.07) is 9.27. The lowest BCUT2D eigenvalue weighted by molar-refractivity contribution is -0.140. The molecule has 1 aliphatic heterocycles. The number of nitrogens with one attached hydrogen (secondary N) is 1. The van der Waals surface area contributed by atoms with Crippen LogP contribution in [0.3, 0.4) is 0 Å². The molecule has 0 fully saturated rings. The SMILES string of the molecule is CCC(C)(C(=O)Nc1ccccc1)N1C=CC=CCC1=O. The Morgan fingerprint density at radius 2 is 2.00 bits per heavy atom. The normalized spacial score (nSPS) is 17.2. The Morgan fingerprint density at radius 3 is 2.67 bits per heavy atom. The Labute approximate surface area is 125 Å². The smallest absolute Gasteiger partial charge is 0.250 e. The fourth-order valence-electron chi connectivity index (χ4n) is 2.23. The highest BCUT2D eigenvalue weighted by Crippen LogP contribution is 2.24. The summed E-state index contributed by atoms with van der Waals surface area (Å²) in [5.41, 5.74) is -0.179. The van der Waals surface area contributed by atoms with E-state index in [2.05, 4.69) is 5.32 Å². The topological polar surface area (TPSA) is 49.4 Å². The van der Waals surface area contributed by atoms with Crippen LogP contribution in [0, 0.1) is 0 Å². The molecule has 0 bridgehead atoms. The highest BCUT2D eigenvalue weighted by Gasteiger charge is 2.39. The molecular formula is C17H20N2O2. The molecule has 2 amide bonds. The zero-order valence-corrected chi connectivity index (χ0v) is 12.4. The minimum Gasteiger partial charge on any atom is -0.324 e. The molecule has 0 aliphatic carbocycles. The highest BCUT2D eigenvalue weighted by molar-refractivity contribution is 6.00. The standard InChI is InChI=1S/C17H20N2O2/c1-3-17(2,19-13-9-5-8-12-15(19)20)16(21)18-14-10-6-4-7-11-14/h4-11,13H,3,12H2,1-2H3,(H,18,21). The number of nitrogens with zero attached hydrogens (tertiary/aromatic N) is 1. The third-order valence-corrected chi connectivity index (χ3v) is 3.78. The molecule has 0 radical (unpaired) electrons. The number of para-hydroxylation sites is 1. The van der Waals surface area contributed by atoms with Crippen LogP contribution in [0.15, 0.2) is 54.8 Å². The van der Waals surface area contributed by atoms with Crippen molar-refractivity contribution in [3.63, 3.8) is 0 Å². The van der Waals surface area contributed by atoms with Gasteiger partial charge in [0.15, 0.2) is 0 Å². The van der Waals surface area contributed by atoms with Crippen LogP contribution in [0.5, 0.6) is 0 Å². The van der Waals surface area contributed by atoms with Gasteiger partial charge >= 0.3 is 0 Å². The van der Waals surface area contributed by atoms with Gasteiger partial charge < -0.3 is 10.2 Å². The quantitative estimate of drug-likeness (QED) is 0.923. The van der Waals surface area contributed by atoms with E-state index >= 15 is 0 Å². The van der Waals surface area contributed by atoms with E-state index in [1.807, 2.05) is 43.3 Å². The van der Waals surface area contributed by atoms with Gasteiger partial charge in [0.2, 0.25) is 11.8 Å². The monoisotopic (exact) mass is 284 g/mol. The van der Waals surface area contributed by atoms with Crippen molar-refractivity contribution in [2.75, 3.05) is 5.32 Å². The first kappa shape index (κ1) is 15.0. The van der Waals surface area contributed by atoms with Crippen molar-refractivity contribution >= 4 is 17.5 Å². The van der Waals surface area contributed by atoms with E-state index in [0.717, 1.165) is 5.69 Å². The summed E-state index contributed by atoms with van der Waals surface area (Å²) >= 11 is 0. The first-order valence-electron chi connectivity index (χ1n) is 7.10. The molecule has 1 atom stereocenters. The number of hydrogen-bond donors (Lipinski definition) is 1. The van der Waals surface area contributed by atoms with Crippen molar-refractivity contribution in [3.05, 3.63) is 54.8 Å². The summed E-state index contributed by atoms with van der Waals surface area (Å²) in [6.45, 7) is 3.70. The van der Waals surface area contributed by atoms with Crippen molar-refractivity contribution in [1.82, 2.24) is 4.90 Å². The third-order valence-electron chi connectivity index (χ3n) is 3.78. The zero-order chi connectivity index (χ0) is 15.3. The van der Waals surface area contributed by atoms with Crippen LogP contribution in [-0.4, -0.2) is 22.3 Å². The molecule has 0 spiro atoms. The van der Waals surface area contributed by atoms with Crippen LogP contribution < -0.4 is 5.32 Å². The molecule has 0 saturated carbocycles. The summed E-state index contributed by atoms with van der Waals surface area (Å²) < 4.78 is 0. The maximum atomic E-state index is 12.7. The maximum Gasteiger partial charge on any atom is 0.250 e. The number of rotatable bonds is 4. The molecule has 4 nitrogen and oxygen atoms in total. The number of hydrogen-bond acceptors (Lipinski definition) is 2. The summed E-state index contributed by atoms with van der Waals surface area (Å²) in [5, 5.41) is 2.88. The predicted octanol–water partition coefficient (Wildman–Crippen LogP) is 3.10. The molecule has 1 N–H and O–H groups in total. The van der Waals surface area contributed by atoms with Gasteiger partial charge in [-0.05, 0) is 31.6 Å². The first-order chi connectivity index (χ1) is 10.1. The molecule has 1 aromatic carbocycles. The maximum absolute atomic E-state index is 12.7. The summed E-state index contributed by atoms with van der Waals surface area (Å²) in [6.07, 6.45) is 7.92. The average molecular weight is 284 g/mol. The van der Waals surface area contributed by atoms with E-state index in [-0.39, 0.29) is 11.8 Å². The summed E-state index contributed by atoms with van der Waals surface area (Å²) in [7, 11) is 0. The van der Waals surface area contributed by atoms with E-state index < -0.39 is 5.54 Å². The fraction of sp³-hybridized carbons (Fsp3) is 0.294. The Kier molecular flexibility index (Phi) is 4.58. The number of allylic oxidation sites excluding steroid dienone is 2. The van der Waals surface area contributed by atoms with Crippen LogP contribution in [0.1, 0.15) is 26.7 Å². The number of anilines is 1. The van der Waals surface area contributed by atoms with Gasteiger partial charge in [0.05, 0.1) is 0 Å². The predicted molar refractivity (Wildman–Crippen MR) is 83.5 cm³/mol. The van der Waals surface area contributed by atoms with E-state index in [1.165, 1.54) is 4.90 Å². The Bertz CT molecular complexity index is 578. The van der Waals surface area contributed by atoms with E-state index in [4.69, 9.17) is 0 Å². The number of carbonyl (C=O) groups excluding carboxylic acids is 2. The highest BCUT2D eigenvalue weighted by atomic mass is 16.2. The minimum absolute atomic E-state index is 0.0763.